The molecule has 3 rings (SSSR count). The Labute approximate surface area is 245 Å². The maximum Gasteiger partial charge on any atom is 0.189 e. The minimum atomic E-state index is -0.563. The molecule has 0 saturated heterocycles. The molecule has 42 heavy (non-hydrogen) atoms. The Kier molecular flexibility index (Phi) is 11.2. The molecule has 0 radical (unpaired) electrons. The number of carbonyl (C=O) groups excluding carboxylic acids is 2. The molecule has 9 heteroatoms. The molecule has 3 aromatic rings. The van der Waals surface area contributed by atoms with Gasteiger partial charge in [-0.05, 0) is 42.5 Å². The summed E-state index contributed by atoms with van der Waals surface area (Å²) in [6, 6.07) is 13.8. The maximum absolute atomic E-state index is 13.6. The van der Waals surface area contributed by atoms with Gasteiger partial charge in [-0.2, -0.15) is 0 Å². The summed E-state index contributed by atoms with van der Waals surface area (Å²) in [6.45, 7) is 0. The quantitative estimate of drug-likeness (QED) is 0.136. The Hall–Kier alpha value is -5.18. The van der Waals surface area contributed by atoms with Gasteiger partial charge in [-0.15, -0.1) is 0 Å². The highest BCUT2D eigenvalue weighted by Gasteiger charge is 2.20. The lowest BCUT2D eigenvalue weighted by molar-refractivity contribution is -0.116. The molecule has 0 spiro atoms. The van der Waals surface area contributed by atoms with E-state index in [1.165, 1.54) is 68.0 Å². The fraction of sp³-hybridized carbons (Fsp3) is 0.212. The number of hydrogen-bond acceptors (Lipinski definition) is 9. The highest BCUT2D eigenvalue weighted by molar-refractivity contribution is 6.31. The SMILES string of the molecule is COc1cc(OC)c(C=C(C(=O)/C=C/c2cccc(OC)c2OC)C(=O)/C=C/c2cccc(OC)c2OC)c(OC)c1. The molecule has 0 amide bonds. The van der Waals surface area contributed by atoms with Crippen LogP contribution in [0.4, 0.5) is 0 Å². The molecule has 9 nitrogen and oxygen atoms in total. The van der Waals surface area contributed by atoms with Gasteiger partial charge in [0.05, 0.1) is 60.9 Å². The van der Waals surface area contributed by atoms with E-state index in [0.29, 0.717) is 56.9 Å². The Bertz CT molecular complexity index is 1410. The van der Waals surface area contributed by atoms with E-state index in [-0.39, 0.29) is 5.57 Å². The van der Waals surface area contributed by atoms with Gasteiger partial charge in [0, 0.05) is 23.3 Å². The summed E-state index contributed by atoms with van der Waals surface area (Å²) in [7, 11) is 10.5. The lowest BCUT2D eigenvalue weighted by atomic mass is 9.99. The van der Waals surface area contributed by atoms with Crippen LogP contribution in [-0.4, -0.2) is 61.3 Å². The summed E-state index contributed by atoms with van der Waals surface area (Å²) in [6.07, 6.45) is 7.14. The minimum Gasteiger partial charge on any atom is -0.496 e. The van der Waals surface area contributed by atoms with E-state index in [1.807, 2.05) is 0 Å². The highest BCUT2D eigenvalue weighted by atomic mass is 16.5. The van der Waals surface area contributed by atoms with Crippen LogP contribution in [-0.2, 0) is 9.59 Å². The van der Waals surface area contributed by atoms with Crippen molar-refractivity contribution in [2.24, 2.45) is 0 Å². The summed E-state index contributed by atoms with van der Waals surface area (Å²) < 4.78 is 38.0. The topological polar surface area (TPSA) is 98.8 Å². The first kappa shape index (κ1) is 31.3. The summed E-state index contributed by atoms with van der Waals surface area (Å²) in [5.74, 6) is 1.95. The van der Waals surface area contributed by atoms with Gasteiger partial charge in [0.25, 0.3) is 0 Å². The highest BCUT2D eigenvalue weighted by Crippen LogP contribution is 2.37. The summed E-state index contributed by atoms with van der Waals surface area (Å²) >= 11 is 0. The molecule has 0 aliphatic heterocycles. The monoisotopic (exact) mass is 574 g/mol. The van der Waals surface area contributed by atoms with Crippen LogP contribution in [0, 0.1) is 0 Å². The van der Waals surface area contributed by atoms with E-state index in [4.69, 9.17) is 33.2 Å². The van der Waals surface area contributed by atoms with E-state index < -0.39 is 11.6 Å². The number of rotatable bonds is 14. The molecule has 0 aliphatic carbocycles. The molecule has 0 heterocycles. The van der Waals surface area contributed by atoms with Crippen molar-refractivity contribution in [3.8, 4) is 40.2 Å². The molecular formula is C33H34O9. The number of methoxy groups -OCH3 is 7. The van der Waals surface area contributed by atoms with Gasteiger partial charge in [-0.25, -0.2) is 0 Å². The first-order valence-corrected chi connectivity index (χ1v) is 12.7. The number of hydrogen-bond donors (Lipinski definition) is 0. The third-order valence-corrected chi connectivity index (χ3v) is 6.27. The average Bonchev–Trinajstić information content (AvgIpc) is 3.03. The molecule has 0 saturated carbocycles. The number of allylic oxidation sites excluding steroid dienone is 3. The number of para-hydroxylation sites is 2. The predicted octanol–water partition coefficient (Wildman–Crippen LogP) is 5.70. The average molecular weight is 575 g/mol. The van der Waals surface area contributed by atoms with E-state index >= 15 is 0 Å². The van der Waals surface area contributed by atoms with Gasteiger partial charge in [0.1, 0.15) is 17.2 Å². The van der Waals surface area contributed by atoms with Gasteiger partial charge < -0.3 is 33.2 Å². The summed E-state index contributed by atoms with van der Waals surface area (Å²) in [5.41, 5.74) is 1.42. The van der Waals surface area contributed by atoms with Crippen LogP contribution in [0.25, 0.3) is 18.2 Å². The molecule has 0 unspecified atom stereocenters. The van der Waals surface area contributed by atoms with Crippen molar-refractivity contribution in [3.63, 3.8) is 0 Å². The molecule has 0 aromatic heterocycles. The van der Waals surface area contributed by atoms with Gasteiger partial charge in [0.2, 0.25) is 0 Å². The van der Waals surface area contributed by atoms with Crippen molar-refractivity contribution in [1.82, 2.24) is 0 Å². The fourth-order valence-electron chi connectivity index (χ4n) is 4.18. The van der Waals surface area contributed by atoms with Gasteiger partial charge in [-0.1, -0.05) is 24.3 Å². The third-order valence-electron chi connectivity index (χ3n) is 6.27. The van der Waals surface area contributed by atoms with E-state index in [9.17, 15) is 9.59 Å². The van der Waals surface area contributed by atoms with E-state index in [1.54, 1.807) is 60.7 Å². The largest absolute Gasteiger partial charge is 0.496 e. The second kappa shape index (κ2) is 15.0. The number of carbonyl (C=O) groups is 2. The van der Waals surface area contributed by atoms with Crippen LogP contribution in [0.2, 0.25) is 0 Å². The molecular weight excluding hydrogens is 540 g/mol. The van der Waals surface area contributed by atoms with Crippen molar-refractivity contribution >= 4 is 29.8 Å². The predicted molar refractivity (Wildman–Crippen MR) is 161 cm³/mol. The Morgan fingerprint density at radius 3 is 1.33 bits per heavy atom. The van der Waals surface area contributed by atoms with Crippen LogP contribution in [0.1, 0.15) is 16.7 Å². The van der Waals surface area contributed by atoms with Crippen LogP contribution >= 0.6 is 0 Å². The zero-order chi connectivity index (χ0) is 30.6. The zero-order valence-electron chi connectivity index (χ0n) is 24.7. The van der Waals surface area contributed by atoms with Crippen molar-refractivity contribution in [2.75, 3.05) is 49.8 Å². The van der Waals surface area contributed by atoms with Gasteiger partial charge in [0.15, 0.2) is 34.6 Å². The van der Waals surface area contributed by atoms with Crippen molar-refractivity contribution in [1.29, 1.82) is 0 Å². The Morgan fingerprint density at radius 1 is 0.548 bits per heavy atom. The van der Waals surface area contributed by atoms with Gasteiger partial charge >= 0.3 is 0 Å². The van der Waals surface area contributed by atoms with E-state index in [2.05, 4.69) is 0 Å². The number of ether oxygens (including phenoxy) is 7. The lowest BCUT2D eigenvalue weighted by Gasteiger charge is -2.13. The molecule has 0 fully saturated rings. The first-order valence-electron chi connectivity index (χ1n) is 12.7. The minimum absolute atomic E-state index is 0.145. The second-order valence-electron chi connectivity index (χ2n) is 8.56. The first-order chi connectivity index (χ1) is 20.3. The van der Waals surface area contributed by atoms with Crippen molar-refractivity contribution < 1.29 is 42.7 Å². The third kappa shape index (κ3) is 7.11. The van der Waals surface area contributed by atoms with Crippen LogP contribution in [0.5, 0.6) is 40.2 Å². The molecule has 0 bridgehead atoms. The maximum atomic E-state index is 13.6. The Morgan fingerprint density at radius 2 is 0.976 bits per heavy atom. The molecule has 3 aromatic carbocycles. The molecule has 0 atom stereocenters. The lowest BCUT2D eigenvalue weighted by Crippen LogP contribution is -2.09. The summed E-state index contributed by atoms with van der Waals surface area (Å²) in [4.78, 5) is 27.3. The van der Waals surface area contributed by atoms with Gasteiger partial charge in [-0.3, -0.25) is 9.59 Å². The zero-order valence-corrected chi connectivity index (χ0v) is 24.7. The fourth-order valence-corrected chi connectivity index (χ4v) is 4.18. The van der Waals surface area contributed by atoms with Crippen LogP contribution in [0.3, 0.4) is 0 Å². The van der Waals surface area contributed by atoms with Crippen LogP contribution < -0.4 is 33.2 Å². The second-order valence-corrected chi connectivity index (χ2v) is 8.56. The molecule has 0 N–H and O–H groups in total. The molecule has 0 aliphatic rings. The summed E-state index contributed by atoms with van der Waals surface area (Å²) in [5, 5.41) is 0. The van der Waals surface area contributed by atoms with Crippen molar-refractivity contribution in [2.45, 2.75) is 0 Å². The Balaban J connectivity index is 2.15. The standard InChI is InChI=1S/C33H34O9/c1-36-23-18-30(39-4)25(31(19-23)40-5)20-24(26(34)16-14-21-10-8-12-28(37-2)32(21)41-6)27(35)17-15-22-11-9-13-29(38-3)33(22)42-7/h8-20H,1-7H3/b16-14+,17-15+. The van der Waals surface area contributed by atoms with Crippen molar-refractivity contribution in [3.05, 3.63) is 82.9 Å². The normalized spacial score (nSPS) is 10.7. The smallest absolute Gasteiger partial charge is 0.189 e. The number of benzene rings is 3. The van der Waals surface area contributed by atoms with E-state index in [0.717, 1.165) is 0 Å². The van der Waals surface area contributed by atoms with Crippen LogP contribution in [0.15, 0.2) is 66.3 Å². The number of ketones is 2. The molecule has 220 valence electrons.